The largest absolute Gasteiger partial charge is 0.298 e. The van der Waals surface area contributed by atoms with Crippen LogP contribution in [0.15, 0.2) is 0 Å². The van der Waals surface area contributed by atoms with Gasteiger partial charge in [0, 0.05) is 0 Å². The van der Waals surface area contributed by atoms with E-state index in [1.54, 1.807) is 23.5 Å². The second-order valence-corrected chi connectivity index (χ2v) is 6.25. The van der Waals surface area contributed by atoms with Gasteiger partial charge in [-0.2, -0.15) is 0 Å². The van der Waals surface area contributed by atoms with Gasteiger partial charge in [0.05, 0.1) is 16.0 Å². The molecule has 94 valence electrons. The summed E-state index contributed by atoms with van der Waals surface area (Å²) in [5.41, 5.74) is 0. The smallest absolute Gasteiger partial charge is 0.0737 e. The van der Waals surface area contributed by atoms with E-state index in [0.29, 0.717) is 10.1 Å². The third kappa shape index (κ3) is 6.59. The summed E-state index contributed by atoms with van der Waals surface area (Å²) < 4.78 is 0. The lowest BCUT2D eigenvalue weighted by Crippen LogP contribution is -2.19. The van der Waals surface area contributed by atoms with E-state index in [9.17, 15) is 0 Å². The lowest BCUT2D eigenvalue weighted by Gasteiger charge is -2.17. The van der Waals surface area contributed by atoms with Crippen LogP contribution in [0.2, 0.25) is 0 Å². The molecule has 4 heteroatoms. The molecule has 0 aliphatic carbocycles. The highest BCUT2D eigenvalue weighted by Gasteiger charge is 2.19. The van der Waals surface area contributed by atoms with Crippen LogP contribution >= 0.6 is 23.5 Å². The van der Waals surface area contributed by atoms with Gasteiger partial charge in [0.1, 0.15) is 0 Å². The van der Waals surface area contributed by atoms with Crippen molar-refractivity contribution in [1.29, 1.82) is 10.8 Å². The molecule has 0 unspecified atom stereocenters. The molecular weight excluding hydrogens is 236 g/mol. The van der Waals surface area contributed by atoms with E-state index in [2.05, 4.69) is 20.8 Å². The van der Waals surface area contributed by atoms with E-state index in [4.69, 9.17) is 10.8 Å². The molecule has 0 heterocycles. The minimum absolute atomic E-state index is 0.0708. The molecular formula is C12H24N2S2. The van der Waals surface area contributed by atoms with E-state index in [-0.39, 0.29) is 5.92 Å². The van der Waals surface area contributed by atoms with Crippen LogP contribution in [0, 0.1) is 16.7 Å². The maximum Gasteiger partial charge on any atom is 0.0737 e. The molecule has 16 heavy (non-hydrogen) atoms. The molecule has 0 aliphatic rings. The van der Waals surface area contributed by atoms with Gasteiger partial charge in [-0.3, -0.25) is 10.8 Å². The number of rotatable bonds is 8. The molecule has 0 bridgehead atoms. The Bertz CT molecular complexity index is 199. The summed E-state index contributed by atoms with van der Waals surface area (Å²) in [4.78, 5) is 0. The molecule has 0 aliphatic heterocycles. The molecule has 0 radical (unpaired) electrons. The fourth-order valence-corrected chi connectivity index (χ4v) is 3.06. The highest BCUT2D eigenvalue weighted by atomic mass is 32.2. The van der Waals surface area contributed by atoms with Gasteiger partial charge in [-0.05, 0) is 17.9 Å². The molecule has 0 aromatic carbocycles. The summed E-state index contributed by atoms with van der Waals surface area (Å²) in [5, 5.41) is 17.4. The standard InChI is InChI=1S/C12H24N2S2/c1-4-7-8-9-10(11(13)15-5-2)12(14)16-6-3/h10,13-14H,4-9H2,1-3H3. The second kappa shape index (κ2) is 10.2. The minimum Gasteiger partial charge on any atom is -0.298 e. The predicted molar refractivity (Wildman–Crippen MR) is 79.3 cm³/mol. The highest BCUT2D eigenvalue weighted by Crippen LogP contribution is 2.24. The maximum atomic E-state index is 8.00. The Balaban J connectivity index is 4.25. The average molecular weight is 260 g/mol. The van der Waals surface area contributed by atoms with E-state index in [1.165, 1.54) is 12.8 Å². The normalized spacial score (nSPS) is 12.4. The number of nitrogens with one attached hydrogen (secondary N) is 2. The zero-order valence-corrected chi connectivity index (χ0v) is 12.3. The van der Waals surface area contributed by atoms with Gasteiger partial charge in [-0.1, -0.05) is 40.0 Å². The molecule has 0 amide bonds. The molecule has 0 spiro atoms. The van der Waals surface area contributed by atoms with E-state index >= 15 is 0 Å². The molecule has 0 fully saturated rings. The second-order valence-electron chi connectivity index (χ2n) is 3.64. The van der Waals surface area contributed by atoms with Crippen LogP contribution in [-0.4, -0.2) is 21.6 Å². The summed E-state index contributed by atoms with van der Waals surface area (Å²) in [6.45, 7) is 6.32. The summed E-state index contributed by atoms with van der Waals surface area (Å²) in [6.07, 6.45) is 4.53. The van der Waals surface area contributed by atoms with Gasteiger partial charge in [-0.15, -0.1) is 23.5 Å². The molecule has 0 saturated heterocycles. The molecule has 2 nitrogen and oxygen atoms in total. The van der Waals surface area contributed by atoms with Crippen molar-refractivity contribution < 1.29 is 0 Å². The zero-order valence-electron chi connectivity index (χ0n) is 10.6. The van der Waals surface area contributed by atoms with Crippen molar-refractivity contribution >= 4 is 33.6 Å². The van der Waals surface area contributed by atoms with Crippen LogP contribution in [0.3, 0.4) is 0 Å². The summed E-state index contributed by atoms with van der Waals surface area (Å²) in [6, 6.07) is 0. The number of thioether (sulfide) groups is 2. The van der Waals surface area contributed by atoms with Gasteiger partial charge in [-0.25, -0.2) is 0 Å². The highest BCUT2D eigenvalue weighted by molar-refractivity contribution is 8.16. The number of unbranched alkanes of at least 4 members (excludes halogenated alkanes) is 2. The Morgan fingerprint density at radius 3 is 1.81 bits per heavy atom. The van der Waals surface area contributed by atoms with Crippen LogP contribution in [0.1, 0.15) is 46.5 Å². The predicted octanol–water partition coefficient (Wildman–Crippen LogP) is 4.64. The number of hydrogen-bond acceptors (Lipinski definition) is 4. The SMILES string of the molecule is CCCCCC(C(=N)SCC)C(=N)SCC. The van der Waals surface area contributed by atoms with E-state index < -0.39 is 0 Å². The molecule has 0 aromatic rings. The summed E-state index contributed by atoms with van der Waals surface area (Å²) in [5.74, 6) is 1.95. The molecule has 2 N–H and O–H groups in total. The molecule has 0 rings (SSSR count). The Morgan fingerprint density at radius 2 is 1.44 bits per heavy atom. The quantitative estimate of drug-likeness (QED) is 0.379. The first-order valence-corrected chi connectivity index (χ1v) is 8.06. The molecule has 0 atom stereocenters. The monoisotopic (exact) mass is 260 g/mol. The number of hydrogen-bond donors (Lipinski definition) is 2. The fraction of sp³-hybridized carbons (Fsp3) is 0.833. The van der Waals surface area contributed by atoms with Gasteiger partial charge in [0.15, 0.2) is 0 Å². The van der Waals surface area contributed by atoms with Gasteiger partial charge < -0.3 is 0 Å². The van der Waals surface area contributed by atoms with Crippen molar-refractivity contribution in [1.82, 2.24) is 0 Å². The first-order valence-electron chi connectivity index (χ1n) is 6.09. The lowest BCUT2D eigenvalue weighted by atomic mass is 10.0. The van der Waals surface area contributed by atoms with Gasteiger partial charge in [0.2, 0.25) is 0 Å². The Kier molecular flexibility index (Phi) is 10.2. The van der Waals surface area contributed by atoms with Crippen molar-refractivity contribution in [2.75, 3.05) is 11.5 Å². The topological polar surface area (TPSA) is 47.7 Å². The third-order valence-corrected chi connectivity index (χ3v) is 4.10. The van der Waals surface area contributed by atoms with Crippen molar-refractivity contribution in [3.63, 3.8) is 0 Å². The van der Waals surface area contributed by atoms with Crippen LogP contribution in [0.4, 0.5) is 0 Å². The Morgan fingerprint density at radius 1 is 0.938 bits per heavy atom. The Hall–Kier alpha value is 0.0400. The Labute approximate surface area is 108 Å². The lowest BCUT2D eigenvalue weighted by molar-refractivity contribution is 0.648. The van der Waals surface area contributed by atoms with E-state index in [1.807, 2.05) is 0 Å². The van der Waals surface area contributed by atoms with Crippen molar-refractivity contribution in [3.05, 3.63) is 0 Å². The van der Waals surface area contributed by atoms with Crippen LogP contribution in [-0.2, 0) is 0 Å². The van der Waals surface area contributed by atoms with Crippen LogP contribution in [0.25, 0.3) is 0 Å². The summed E-state index contributed by atoms with van der Waals surface area (Å²) >= 11 is 3.16. The van der Waals surface area contributed by atoms with Crippen LogP contribution < -0.4 is 0 Å². The third-order valence-electron chi connectivity index (χ3n) is 2.33. The first kappa shape index (κ1) is 16.0. The van der Waals surface area contributed by atoms with Crippen LogP contribution in [0.5, 0.6) is 0 Å². The zero-order chi connectivity index (χ0) is 12.4. The first-order chi connectivity index (χ1) is 7.67. The average Bonchev–Trinajstić information content (AvgIpc) is 2.25. The fourth-order valence-electron chi connectivity index (χ4n) is 1.49. The van der Waals surface area contributed by atoms with E-state index in [0.717, 1.165) is 24.3 Å². The van der Waals surface area contributed by atoms with Gasteiger partial charge in [0.25, 0.3) is 0 Å². The molecule has 0 aromatic heterocycles. The van der Waals surface area contributed by atoms with Crippen molar-refractivity contribution in [3.8, 4) is 0 Å². The van der Waals surface area contributed by atoms with Crippen molar-refractivity contribution in [2.45, 2.75) is 46.5 Å². The minimum atomic E-state index is 0.0708. The molecule has 0 saturated carbocycles. The maximum absolute atomic E-state index is 8.00. The van der Waals surface area contributed by atoms with Gasteiger partial charge >= 0.3 is 0 Å². The summed E-state index contributed by atoms with van der Waals surface area (Å²) in [7, 11) is 0. The van der Waals surface area contributed by atoms with Crippen molar-refractivity contribution in [2.24, 2.45) is 5.92 Å².